The third-order valence-corrected chi connectivity index (χ3v) is 3.88. The zero-order chi connectivity index (χ0) is 17.4. The van der Waals surface area contributed by atoms with E-state index < -0.39 is 0 Å². The number of hydrogen-bond acceptors (Lipinski definition) is 4. The molecule has 24 heavy (non-hydrogen) atoms. The summed E-state index contributed by atoms with van der Waals surface area (Å²) < 4.78 is 13.4. The number of thioether (sulfide) groups is 1. The largest absolute Gasteiger partial charge is 0.326 e. The van der Waals surface area contributed by atoms with Crippen molar-refractivity contribution < 1.29 is 14.0 Å². The first-order valence-corrected chi connectivity index (χ1v) is 8.10. The van der Waals surface area contributed by atoms with Crippen LogP contribution in [0.1, 0.15) is 12.5 Å². The van der Waals surface area contributed by atoms with Crippen molar-refractivity contribution in [2.24, 2.45) is 5.10 Å². The summed E-state index contributed by atoms with van der Waals surface area (Å²) in [5.41, 5.74) is 3.84. The van der Waals surface area contributed by atoms with E-state index in [9.17, 15) is 14.0 Å². The molecule has 0 heterocycles. The number of anilines is 1. The molecule has 0 fully saturated rings. The van der Waals surface area contributed by atoms with Gasteiger partial charge in [-0.2, -0.15) is 5.10 Å². The van der Waals surface area contributed by atoms with Crippen LogP contribution in [0.4, 0.5) is 10.1 Å². The molecule has 124 valence electrons. The van der Waals surface area contributed by atoms with Crippen molar-refractivity contribution in [3.63, 3.8) is 0 Å². The Balaban J connectivity index is 1.79. The van der Waals surface area contributed by atoms with Crippen molar-refractivity contribution in [1.29, 1.82) is 0 Å². The molecule has 7 heteroatoms. The maximum absolute atomic E-state index is 13.4. The van der Waals surface area contributed by atoms with Crippen LogP contribution in [0.2, 0.25) is 0 Å². The van der Waals surface area contributed by atoms with Crippen LogP contribution < -0.4 is 10.7 Å². The van der Waals surface area contributed by atoms with E-state index in [0.29, 0.717) is 10.6 Å². The smallest absolute Gasteiger partial charge is 0.250 e. The van der Waals surface area contributed by atoms with Crippen LogP contribution in [0, 0.1) is 5.82 Å². The van der Waals surface area contributed by atoms with Gasteiger partial charge < -0.3 is 5.32 Å². The first-order chi connectivity index (χ1) is 11.5. The number of hydrogen-bond donors (Lipinski definition) is 2. The van der Waals surface area contributed by atoms with E-state index in [2.05, 4.69) is 15.8 Å². The molecule has 0 unspecified atom stereocenters. The fourth-order valence-corrected chi connectivity index (χ4v) is 2.50. The fraction of sp³-hybridized carbons (Fsp3) is 0.118. The monoisotopic (exact) mass is 345 g/mol. The first-order valence-electron chi connectivity index (χ1n) is 7.11. The molecule has 5 nitrogen and oxygen atoms in total. The van der Waals surface area contributed by atoms with Crippen molar-refractivity contribution in [2.45, 2.75) is 11.8 Å². The van der Waals surface area contributed by atoms with Crippen molar-refractivity contribution >= 4 is 35.5 Å². The lowest BCUT2D eigenvalue weighted by atomic mass is 10.2. The van der Waals surface area contributed by atoms with Crippen LogP contribution in [-0.4, -0.2) is 23.8 Å². The molecule has 0 aliphatic heterocycles. The maximum atomic E-state index is 13.4. The average Bonchev–Trinajstić information content (AvgIpc) is 2.55. The van der Waals surface area contributed by atoms with Crippen LogP contribution >= 0.6 is 11.8 Å². The molecule has 2 aromatic carbocycles. The van der Waals surface area contributed by atoms with Gasteiger partial charge in [-0.3, -0.25) is 9.59 Å². The summed E-state index contributed by atoms with van der Waals surface area (Å²) in [6, 6.07) is 13.3. The third-order valence-electron chi connectivity index (χ3n) is 2.83. The minimum Gasteiger partial charge on any atom is -0.326 e. The maximum Gasteiger partial charge on any atom is 0.250 e. The van der Waals surface area contributed by atoms with Gasteiger partial charge in [-0.15, -0.1) is 11.8 Å². The summed E-state index contributed by atoms with van der Waals surface area (Å²) in [6.45, 7) is 1.43. The van der Waals surface area contributed by atoms with Crippen LogP contribution in [0.5, 0.6) is 0 Å². The molecular formula is C17H16FN3O2S. The second-order valence-corrected chi connectivity index (χ2v) is 5.83. The summed E-state index contributed by atoms with van der Waals surface area (Å²) in [6.07, 6.45) is 1.49. The summed E-state index contributed by atoms with van der Waals surface area (Å²) in [4.78, 5) is 23.0. The Morgan fingerprint density at radius 3 is 2.54 bits per heavy atom. The van der Waals surface area contributed by atoms with Gasteiger partial charge >= 0.3 is 0 Å². The highest BCUT2D eigenvalue weighted by Crippen LogP contribution is 2.20. The topological polar surface area (TPSA) is 70.6 Å². The molecule has 0 spiro atoms. The third kappa shape index (κ3) is 5.85. The Hall–Kier alpha value is -2.67. The molecule has 0 radical (unpaired) electrons. The van der Waals surface area contributed by atoms with E-state index in [1.165, 1.54) is 19.2 Å². The van der Waals surface area contributed by atoms with Crippen molar-refractivity contribution in [3.8, 4) is 0 Å². The SMILES string of the molecule is CC(=O)Nc1ccc(/C=N\NC(=O)CSc2ccccc2F)cc1. The lowest BCUT2D eigenvalue weighted by molar-refractivity contribution is -0.118. The molecule has 2 aromatic rings. The van der Waals surface area contributed by atoms with Crippen LogP contribution in [-0.2, 0) is 9.59 Å². The van der Waals surface area contributed by atoms with Crippen molar-refractivity contribution in [1.82, 2.24) is 5.43 Å². The van der Waals surface area contributed by atoms with Gasteiger partial charge in [0.2, 0.25) is 11.8 Å². The number of nitrogens with one attached hydrogen (secondary N) is 2. The second-order valence-electron chi connectivity index (χ2n) is 4.82. The van der Waals surface area contributed by atoms with E-state index in [4.69, 9.17) is 0 Å². The summed E-state index contributed by atoms with van der Waals surface area (Å²) in [7, 11) is 0. The zero-order valence-electron chi connectivity index (χ0n) is 13.0. The number of nitrogens with zero attached hydrogens (tertiary/aromatic N) is 1. The average molecular weight is 345 g/mol. The van der Waals surface area contributed by atoms with E-state index in [1.807, 2.05) is 0 Å². The van der Waals surface area contributed by atoms with Crippen LogP contribution in [0.3, 0.4) is 0 Å². The van der Waals surface area contributed by atoms with E-state index >= 15 is 0 Å². The molecule has 0 saturated heterocycles. The zero-order valence-corrected chi connectivity index (χ0v) is 13.8. The Morgan fingerprint density at radius 1 is 1.17 bits per heavy atom. The molecule has 0 bridgehead atoms. The molecule has 0 aliphatic rings. The Labute approximate surface area is 143 Å². The quantitative estimate of drug-likeness (QED) is 0.480. The van der Waals surface area contributed by atoms with Gasteiger partial charge in [-0.25, -0.2) is 9.82 Å². The van der Waals surface area contributed by atoms with Gasteiger partial charge in [0.15, 0.2) is 0 Å². The van der Waals surface area contributed by atoms with Gasteiger partial charge in [0, 0.05) is 17.5 Å². The van der Waals surface area contributed by atoms with Gasteiger partial charge in [-0.1, -0.05) is 24.3 Å². The Morgan fingerprint density at radius 2 is 1.88 bits per heavy atom. The number of rotatable bonds is 6. The van der Waals surface area contributed by atoms with Crippen molar-refractivity contribution in [2.75, 3.05) is 11.1 Å². The minimum atomic E-state index is -0.349. The molecule has 0 atom stereocenters. The number of amides is 2. The van der Waals surface area contributed by atoms with Crippen LogP contribution in [0.15, 0.2) is 58.5 Å². The number of benzene rings is 2. The molecule has 0 saturated carbocycles. The van der Waals surface area contributed by atoms with Gasteiger partial charge in [-0.05, 0) is 29.8 Å². The first kappa shape index (κ1) is 17.7. The Bertz CT molecular complexity index is 748. The van der Waals surface area contributed by atoms with Gasteiger partial charge in [0.1, 0.15) is 5.82 Å². The molecule has 0 aliphatic carbocycles. The molecule has 0 aromatic heterocycles. The number of carbonyl (C=O) groups is 2. The normalized spacial score (nSPS) is 10.6. The standard InChI is InChI=1S/C17H16FN3O2S/c1-12(22)20-14-8-6-13(7-9-14)10-19-21-17(23)11-24-16-5-3-2-4-15(16)18/h2-10H,11H2,1H3,(H,20,22)(H,21,23)/b19-10-. The fourth-order valence-electron chi connectivity index (χ4n) is 1.77. The van der Waals surface area contributed by atoms with Crippen LogP contribution in [0.25, 0.3) is 0 Å². The lowest BCUT2D eigenvalue weighted by Crippen LogP contribution is -2.19. The number of halogens is 1. The van der Waals surface area contributed by atoms with Crippen molar-refractivity contribution in [3.05, 3.63) is 59.9 Å². The van der Waals surface area contributed by atoms with Gasteiger partial charge in [0.25, 0.3) is 0 Å². The second kappa shape index (κ2) is 8.83. The summed E-state index contributed by atoms with van der Waals surface area (Å²) >= 11 is 1.11. The van der Waals surface area contributed by atoms with E-state index in [-0.39, 0.29) is 23.4 Å². The van der Waals surface area contributed by atoms with E-state index in [1.54, 1.807) is 42.5 Å². The minimum absolute atomic E-state index is 0.0692. The highest BCUT2D eigenvalue weighted by atomic mass is 32.2. The number of carbonyl (C=O) groups excluding carboxylic acids is 2. The highest BCUT2D eigenvalue weighted by molar-refractivity contribution is 8.00. The summed E-state index contributed by atoms with van der Waals surface area (Å²) in [5.74, 6) is -0.747. The molecular weight excluding hydrogens is 329 g/mol. The predicted octanol–water partition coefficient (Wildman–Crippen LogP) is 3.03. The molecule has 2 N–H and O–H groups in total. The summed E-state index contributed by atoms with van der Waals surface area (Å²) in [5, 5.41) is 6.50. The Kier molecular flexibility index (Phi) is 6.51. The number of hydrazone groups is 1. The lowest BCUT2D eigenvalue weighted by Gasteiger charge is -2.03. The molecule has 2 amide bonds. The predicted molar refractivity (Wildman–Crippen MR) is 93.6 cm³/mol. The van der Waals surface area contributed by atoms with Gasteiger partial charge in [0.05, 0.1) is 12.0 Å². The molecule has 2 rings (SSSR count). The highest BCUT2D eigenvalue weighted by Gasteiger charge is 2.05. The van der Waals surface area contributed by atoms with E-state index in [0.717, 1.165) is 17.3 Å².